The Balaban J connectivity index is 1.29. The Morgan fingerprint density at radius 2 is 1.62 bits per heavy atom. The standard InChI is InChI=1S/C27H31N3O7/c1-36-26(33)21-16-20(17-22(18-21)30(34)35)25(32)29-14-11-27(19-29)9-12-28(13-10-27)24(31)8-5-15-37-23-6-3-2-4-7-23/h2-4,6-7,16-18H,5,8-15,19H2,1H3. The van der Waals surface area contributed by atoms with Gasteiger partial charge in [0.2, 0.25) is 5.91 Å². The van der Waals surface area contributed by atoms with E-state index >= 15 is 0 Å². The first-order valence-corrected chi connectivity index (χ1v) is 12.4. The molecule has 0 atom stereocenters. The van der Waals surface area contributed by atoms with E-state index in [-0.39, 0.29) is 34.0 Å². The molecule has 0 unspecified atom stereocenters. The average Bonchev–Trinajstić information content (AvgIpc) is 3.34. The number of amides is 2. The number of carbonyl (C=O) groups excluding carboxylic acids is 3. The van der Waals surface area contributed by atoms with Gasteiger partial charge in [-0.2, -0.15) is 0 Å². The van der Waals surface area contributed by atoms with Gasteiger partial charge in [0, 0.05) is 50.3 Å². The largest absolute Gasteiger partial charge is 0.494 e. The number of ether oxygens (including phenoxy) is 2. The highest BCUT2D eigenvalue weighted by atomic mass is 16.6. The molecule has 2 heterocycles. The molecule has 2 aromatic carbocycles. The monoisotopic (exact) mass is 509 g/mol. The molecule has 1 spiro atoms. The number of nitrogens with zero attached hydrogens (tertiary/aromatic N) is 3. The summed E-state index contributed by atoms with van der Waals surface area (Å²) in [5.41, 5.74) is -0.345. The minimum atomic E-state index is -0.737. The number of rotatable bonds is 8. The fraction of sp³-hybridized carbons (Fsp3) is 0.444. The summed E-state index contributed by atoms with van der Waals surface area (Å²) in [5.74, 6) is -0.173. The van der Waals surface area contributed by atoms with Crippen LogP contribution in [0.4, 0.5) is 5.69 Å². The van der Waals surface area contributed by atoms with Gasteiger partial charge in [-0.15, -0.1) is 0 Å². The summed E-state index contributed by atoms with van der Waals surface area (Å²) in [6, 6.07) is 13.2. The molecule has 2 aliphatic rings. The van der Waals surface area contributed by atoms with Crippen LogP contribution in [0.15, 0.2) is 48.5 Å². The number of likely N-dealkylation sites (tertiary alicyclic amines) is 2. The Hall–Kier alpha value is -3.95. The van der Waals surface area contributed by atoms with Crippen molar-refractivity contribution < 1.29 is 28.8 Å². The van der Waals surface area contributed by atoms with Crippen LogP contribution in [0.1, 0.15) is 52.8 Å². The summed E-state index contributed by atoms with van der Waals surface area (Å²) in [6.07, 6.45) is 3.48. The van der Waals surface area contributed by atoms with Gasteiger partial charge in [0.25, 0.3) is 11.6 Å². The Kier molecular flexibility index (Phi) is 8.05. The molecule has 2 amide bonds. The van der Waals surface area contributed by atoms with Gasteiger partial charge in [-0.05, 0) is 49.3 Å². The Morgan fingerprint density at radius 1 is 0.973 bits per heavy atom. The number of para-hydroxylation sites is 1. The molecular weight excluding hydrogens is 478 g/mol. The molecule has 0 aromatic heterocycles. The quantitative estimate of drug-likeness (QED) is 0.230. The van der Waals surface area contributed by atoms with E-state index in [0.29, 0.717) is 45.6 Å². The van der Waals surface area contributed by atoms with E-state index in [4.69, 9.17) is 4.74 Å². The topological polar surface area (TPSA) is 119 Å². The molecule has 0 radical (unpaired) electrons. The third-order valence-corrected chi connectivity index (χ3v) is 7.25. The van der Waals surface area contributed by atoms with Gasteiger partial charge in [0.05, 0.1) is 24.2 Å². The summed E-state index contributed by atoms with van der Waals surface area (Å²) in [7, 11) is 1.18. The lowest BCUT2D eigenvalue weighted by molar-refractivity contribution is -0.384. The second kappa shape index (κ2) is 11.4. The van der Waals surface area contributed by atoms with E-state index in [1.54, 1.807) is 4.90 Å². The number of methoxy groups -OCH3 is 1. The zero-order valence-electron chi connectivity index (χ0n) is 20.9. The van der Waals surface area contributed by atoms with E-state index in [1.807, 2.05) is 35.2 Å². The first-order chi connectivity index (χ1) is 17.8. The molecular formula is C27H31N3O7. The van der Waals surface area contributed by atoms with Crippen molar-refractivity contribution in [2.75, 3.05) is 39.9 Å². The van der Waals surface area contributed by atoms with E-state index < -0.39 is 10.9 Å². The van der Waals surface area contributed by atoms with E-state index in [0.717, 1.165) is 31.1 Å². The number of nitro groups is 1. The summed E-state index contributed by atoms with van der Waals surface area (Å²) in [4.78, 5) is 52.1. The number of esters is 1. The van der Waals surface area contributed by atoms with Gasteiger partial charge in [0.15, 0.2) is 0 Å². The van der Waals surface area contributed by atoms with E-state index in [1.165, 1.54) is 19.2 Å². The highest BCUT2D eigenvalue weighted by molar-refractivity contribution is 5.99. The molecule has 0 N–H and O–H groups in total. The maximum absolute atomic E-state index is 13.2. The van der Waals surface area contributed by atoms with Crippen LogP contribution < -0.4 is 4.74 Å². The van der Waals surface area contributed by atoms with Crippen molar-refractivity contribution in [3.8, 4) is 5.75 Å². The Morgan fingerprint density at radius 3 is 2.27 bits per heavy atom. The molecule has 37 heavy (non-hydrogen) atoms. The lowest BCUT2D eigenvalue weighted by Crippen LogP contribution is -2.44. The number of piperidine rings is 1. The number of hydrogen-bond acceptors (Lipinski definition) is 7. The van der Waals surface area contributed by atoms with Crippen LogP contribution in [-0.4, -0.2) is 72.4 Å². The molecule has 2 fully saturated rings. The third kappa shape index (κ3) is 6.25. The van der Waals surface area contributed by atoms with Crippen molar-refractivity contribution >= 4 is 23.5 Å². The zero-order valence-corrected chi connectivity index (χ0v) is 20.9. The van der Waals surface area contributed by atoms with Crippen molar-refractivity contribution in [1.29, 1.82) is 0 Å². The lowest BCUT2D eigenvalue weighted by Gasteiger charge is -2.39. The number of hydrogen-bond donors (Lipinski definition) is 0. The first kappa shape index (κ1) is 26.1. The van der Waals surface area contributed by atoms with Crippen LogP contribution >= 0.6 is 0 Å². The van der Waals surface area contributed by atoms with E-state index in [2.05, 4.69) is 4.74 Å². The first-order valence-electron chi connectivity index (χ1n) is 12.4. The molecule has 4 rings (SSSR count). The van der Waals surface area contributed by atoms with Gasteiger partial charge in [0.1, 0.15) is 5.75 Å². The number of carbonyl (C=O) groups is 3. The van der Waals surface area contributed by atoms with Gasteiger partial charge in [-0.3, -0.25) is 19.7 Å². The van der Waals surface area contributed by atoms with Crippen LogP contribution in [0.3, 0.4) is 0 Å². The van der Waals surface area contributed by atoms with Crippen LogP contribution in [0.5, 0.6) is 5.75 Å². The van der Waals surface area contributed by atoms with E-state index in [9.17, 15) is 24.5 Å². The van der Waals surface area contributed by atoms with Gasteiger partial charge < -0.3 is 19.3 Å². The van der Waals surface area contributed by atoms with Gasteiger partial charge in [-0.1, -0.05) is 18.2 Å². The molecule has 0 saturated carbocycles. The van der Waals surface area contributed by atoms with Gasteiger partial charge >= 0.3 is 5.97 Å². The van der Waals surface area contributed by atoms with Crippen molar-refractivity contribution in [1.82, 2.24) is 9.80 Å². The average molecular weight is 510 g/mol. The minimum absolute atomic E-state index is 0.0325. The maximum Gasteiger partial charge on any atom is 0.338 e. The number of nitro benzene ring substituents is 1. The van der Waals surface area contributed by atoms with Crippen molar-refractivity contribution in [2.24, 2.45) is 5.41 Å². The van der Waals surface area contributed by atoms with Crippen molar-refractivity contribution in [3.05, 3.63) is 69.8 Å². The SMILES string of the molecule is COC(=O)c1cc(C(=O)N2CCC3(CCN(C(=O)CCCOc4ccccc4)CC3)C2)cc([N+](=O)[O-])c1. The van der Waals surface area contributed by atoms with Crippen LogP contribution in [0.2, 0.25) is 0 Å². The predicted molar refractivity (Wildman–Crippen MR) is 134 cm³/mol. The second-order valence-electron chi connectivity index (χ2n) is 9.64. The highest BCUT2D eigenvalue weighted by Gasteiger charge is 2.43. The number of non-ortho nitro benzene ring substituents is 1. The highest BCUT2D eigenvalue weighted by Crippen LogP contribution is 2.41. The van der Waals surface area contributed by atoms with Crippen molar-refractivity contribution in [3.63, 3.8) is 0 Å². The number of benzene rings is 2. The van der Waals surface area contributed by atoms with Crippen LogP contribution in [0.25, 0.3) is 0 Å². The smallest absolute Gasteiger partial charge is 0.338 e. The maximum atomic E-state index is 13.2. The van der Waals surface area contributed by atoms with Gasteiger partial charge in [-0.25, -0.2) is 4.79 Å². The molecule has 2 aromatic rings. The Labute approximate surface area is 215 Å². The summed E-state index contributed by atoms with van der Waals surface area (Å²) in [6.45, 7) is 2.82. The summed E-state index contributed by atoms with van der Waals surface area (Å²) in [5, 5.41) is 11.3. The molecule has 10 heteroatoms. The lowest BCUT2D eigenvalue weighted by atomic mass is 9.77. The summed E-state index contributed by atoms with van der Waals surface area (Å²) >= 11 is 0. The summed E-state index contributed by atoms with van der Waals surface area (Å²) < 4.78 is 10.3. The molecule has 2 saturated heterocycles. The fourth-order valence-corrected chi connectivity index (χ4v) is 5.09. The molecule has 0 bridgehead atoms. The fourth-order valence-electron chi connectivity index (χ4n) is 5.09. The molecule has 196 valence electrons. The molecule has 0 aliphatic carbocycles. The molecule has 10 nitrogen and oxygen atoms in total. The van der Waals surface area contributed by atoms with Crippen LogP contribution in [-0.2, 0) is 9.53 Å². The normalized spacial score (nSPS) is 16.5. The minimum Gasteiger partial charge on any atom is -0.494 e. The van der Waals surface area contributed by atoms with Crippen LogP contribution in [0, 0.1) is 15.5 Å². The second-order valence-corrected chi connectivity index (χ2v) is 9.64. The predicted octanol–water partition coefficient (Wildman–Crippen LogP) is 3.70. The van der Waals surface area contributed by atoms with Crippen molar-refractivity contribution in [2.45, 2.75) is 32.1 Å². The molecule has 2 aliphatic heterocycles. The Bertz CT molecular complexity index is 1160. The third-order valence-electron chi connectivity index (χ3n) is 7.25. The zero-order chi connectivity index (χ0) is 26.4.